The van der Waals surface area contributed by atoms with Gasteiger partial charge in [-0.3, -0.25) is 0 Å². The molecule has 3 N–H and O–H groups in total. The van der Waals surface area contributed by atoms with E-state index in [9.17, 15) is 0 Å². The van der Waals surface area contributed by atoms with E-state index in [1.807, 2.05) is 25.1 Å². The van der Waals surface area contributed by atoms with Crippen molar-refractivity contribution < 1.29 is 5.21 Å². The fraction of sp³-hybridized carbons (Fsp3) is 0.0833. The second-order valence-corrected chi connectivity index (χ2v) is 5.60. The lowest BCUT2D eigenvalue weighted by atomic mass is 10.2. The molecule has 19 heavy (non-hydrogen) atoms. The van der Waals surface area contributed by atoms with Gasteiger partial charge < -0.3 is 10.9 Å². The van der Waals surface area contributed by atoms with Gasteiger partial charge in [0, 0.05) is 26.8 Å². The Morgan fingerprint density at radius 3 is 2.84 bits per heavy atom. The van der Waals surface area contributed by atoms with E-state index in [4.69, 9.17) is 10.9 Å². The van der Waals surface area contributed by atoms with Crippen molar-refractivity contribution >= 4 is 33.5 Å². The normalized spacial score (nSPS) is 11.6. The van der Waals surface area contributed by atoms with Gasteiger partial charge in [0.1, 0.15) is 0 Å². The molecular weight excluding hydrogens is 328 g/mol. The zero-order valence-corrected chi connectivity index (χ0v) is 12.4. The van der Waals surface area contributed by atoms with Crippen LogP contribution in [0.25, 0.3) is 0 Å². The summed E-state index contributed by atoms with van der Waals surface area (Å²) in [6.07, 6.45) is 1.73. The highest BCUT2D eigenvalue weighted by Gasteiger charge is 2.08. The highest BCUT2D eigenvalue weighted by Crippen LogP contribution is 2.28. The third kappa shape index (κ3) is 3.45. The number of oxime groups is 1. The maximum absolute atomic E-state index is 8.66. The van der Waals surface area contributed by atoms with E-state index in [0.717, 1.165) is 15.1 Å². The number of hydrogen-bond donors (Lipinski definition) is 2. The largest absolute Gasteiger partial charge is 0.409 e. The smallest absolute Gasteiger partial charge is 0.192 e. The Morgan fingerprint density at radius 2 is 2.21 bits per heavy atom. The van der Waals surface area contributed by atoms with Crippen molar-refractivity contribution in [1.29, 1.82) is 0 Å². The van der Waals surface area contributed by atoms with E-state index in [1.54, 1.807) is 12.3 Å². The number of amidine groups is 1. The average molecular weight is 339 g/mol. The zero-order valence-electron chi connectivity index (χ0n) is 10.0. The van der Waals surface area contributed by atoms with Gasteiger partial charge in [0.05, 0.1) is 0 Å². The standard InChI is InChI=1S/C12H11BrN4OS/c1-7-4-5-15-12(16-7)19-8-2-3-9(10(13)6-8)11(14)17-18/h2-6,18H,1H3,(H2,14,17). The first-order chi connectivity index (χ1) is 9.10. The predicted octanol–water partition coefficient (Wildman–Crippen LogP) is 2.79. The van der Waals surface area contributed by atoms with Gasteiger partial charge in [-0.05, 0) is 58.9 Å². The summed E-state index contributed by atoms with van der Waals surface area (Å²) in [6.45, 7) is 1.92. The minimum atomic E-state index is 0.0650. The van der Waals surface area contributed by atoms with Crippen molar-refractivity contribution in [2.24, 2.45) is 10.9 Å². The van der Waals surface area contributed by atoms with Gasteiger partial charge in [-0.15, -0.1) is 0 Å². The summed E-state index contributed by atoms with van der Waals surface area (Å²) >= 11 is 4.84. The lowest BCUT2D eigenvalue weighted by Crippen LogP contribution is -2.13. The maximum Gasteiger partial charge on any atom is 0.192 e. The Bertz CT molecular complexity index is 633. The van der Waals surface area contributed by atoms with Crippen LogP contribution < -0.4 is 5.73 Å². The Balaban J connectivity index is 2.26. The molecule has 0 spiro atoms. The molecule has 0 fully saturated rings. The third-order valence-electron chi connectivity index (χ3n) is 2.31. The van der Waals surface area contributed by atoms with Crippen molar-refractivity contribution in [1.82, 2.24) is 9.97 Å². The predicted molar refractivity (Wildman–Crippen MR) is 77.5 cm³/mol. The van der Waals surface area contributed by atoms with Gasteiger partial charge in [-0.2, -0.15) is 0 Å². The van der Waals surface area contributed by atoms with Crippen LogP contribution in [0.3, 0.4) is 0 Å². The first-order valence-corrected chi connectivity index (χ1v) is 6.96. The van der Waals surface area contributed by atoms with Gasteiger partial charge in [-0.25, -0.2) is 9.97 Å². The summed E-state index contributed by atoms with van der Waals surface area (Å²) in [4.78, 5) is 9.47. The number of aryl methyl sites for hydroxylation is 1. The second-order valence-electron chi connectivity index (χ2n) is 3.71. The van der Waals surface area contributed by atoms with E-state index >= 15 is 0 Å². The number of nitrogens with two attached hydrogens (primary N) is 1. The summed E-state index contributed by atoms with van der Waals surface area (Å²) in [5, 5.41) is 12.3. The molecule has 0 amide bonds. The third-order valence-corrected chi connectivity index (χ3v) is 3.83. The van der Waals surface area contributed by atoms with Crippen LogP contribution in [0, 0.1) is 6.92 Å². The molecule has 0 bridgehead atoms. The molecule has 2 aromatic rings. The molecule has 0 aliphatic carbocycles. The monoisotopic (exact) mass is 338 g/mol. The van der Waals surface area contributed by atoms with Gasteiger partial charge in [0.25, 0.3) is 0 Å². The van der Waals surface area contributed by atoms with E-state index in [2.05, 4.69) is 31.1 Å². The summed E-state index contributed by atoms with van der Waals surface area (Å²) in [5.41, 5.74) is 7.11. The topological polar surface area (TPSA) is 84.4 Å². The molecule has 0 aliphatic heterocycles. The van der Waals surface area contributed by atoms with Gasteiger partial charge in [0.15, 0.2) is 11.0 Å². The quantitative estimate of drug-likeness (QED) is 0.295. The molecule has 5 nitrogen and oxygen atoms in total. The van der Waals surface area contributed by atoms with Crippen LogP contribution in [-0.2, 0) is 0 Å². The Labute approximate surface area is 123 Å². The molecular formula is C12H11BrN4OS. The Hall–Kier alpha value is -1.60. The second kappa shape index (κ2) is 6.03. The molecule has 0 saturated carbocycles. The SMILES string of the molecule is Cc1ccnc(Sc2ccc(/C(N)=N/O)c(Br)c2)n1. The van der Waals surface area contributed by atoms with E-state index < -0.39 is 0 Å². The summed E-state index contributed by atoms with van der Waals surface area (Å²) < 4.78 is 0.750. The van der Waals surface area contributed by atoms with Crippen LogP contribution in [-0.4, -0.2) is 21.0 Å². The summed E-state index contributed by atoms with van der Waals surface area (Å²) in [5.74, 6) is 0.0650. The molecule has 98 valence electrons. The highest BCUT2D eigenvalue weighted by molar-refractivity contribution is 9.10. The maximum atomic E-state index is 8.66. The summed E-state index contributed by atoms with van der Waals surface area (Å²) in [6, 6.07) is 7.37. The molecule has 0 radical (unpaired) electrons. The minimum absolute atomic E-state index is 0.0650. The van der Waals surface area contributed by atoms with Gasteiger partial charge >= 0.3 is 0 Å². The van der Waals surface area contributed by atoms with Crippen LogP contribution in [0.5, 0.6) is 0 Å². The lowest BCUT2D eigenvalue weighted by molar-refractivity contribution is 0.318. The van der Waals surface area contributed by atoms with Crippen molar-refractivity contribution in [3.63, 3.8) is 0 Å². The molecule has 7 heteroatoms. The average Bonchev–Trinajstić information content (AvgIpc) is 2.38. The zero-order chi connectivity index (χ0) is 13.8. The van der Waals surface area contributed by atoms with Gasteiger partial charge in [0.2, 0.25) is 0 Å². The van der Waals surface area contributed by atoms with Crippen LogP contribution in [0.15, 0.2) is 50.1 Å². The first-order valence-electron chi connectivity index (χ1n) is 5.35. The van der Waals surface area contributed by atoms with E-state index in [0.29, 0.717) is 10.7 Å². The van der Waals surface area contributed by atoms with Crippen molar-refractivity contribution in [2.75, 3.05) is 0 Å². The number of halogens is 1. The molecule has 1 heterocycles. The number of hydrogen-bond acceptors (Lipinski definition) is 5. The van der Waals surface area contributed by atoms with Crippen molar-refractivity contribution in [2.45, 2.75) is 17.0 Å². The molecule has 0 unspecified atom stereocenters. The van der Waals surface area contributed by atoms with Crippen molar-refractivity contribution in [3.8, 4) is 0 Å². The Kier molecular flexibility index (Phi) is 4.39. The lowest BCUT2D eigenvalue weighted by Gasteiger charge is -2.05. The van der Waals surface area contributed by atoms with Gasteiger partial charge in [-0.1, -0.05) is 5.16 Å². The summed E-state index contributed by atoms with van der Waals surface area (Å²) in [7, 11) is 0. The van der Waals surface area contributed by atoms with Crippen LogP contribution in [0.2, 0.25) is 0 Å². The fourth-order valence-corrected chi connectivity index (χ4v) is 2.96. The number of benzene rings is 1. The van der Waals surface area contributed by atoms with E-state index in [1.165, 1.54) is 11.8 Å². The van der Waals surface area contributed by atoms with Crippen molar-refractivity contribution in [3.05, 3.63) is 46.2 Å². The fourth-order valence-electron chi connectivity index (χ4n) is 1.40. The first kappa shape index (κ1) is 13.8. The Morgan fingerprint density at radius 1 is 1.42 bits per heavy atom. The molecule has 1 aromatic heterocycles. The molecule has 0 atom stereocenters. The molecule has 2 rings (SSSR count). The molecule has 0 saturated heterocycles. The molecule has 0 aliphatic rings. The number of nitrogens with zero attached hydrogens (tertiary/aromatic N) is 3. The highest BCUT2D eigenvalue weighted by atomic mass is 79.9. The van der Waals surface area contributed by atoms with E-state index in [-0.39, 0.29) is 5.84 Å². The minimum Gasteiger partial charge on any atom is -0.409 e. The van der Waals surface area contributed by atoms with Crippen LogP contribution in [0.1, 0.15) is 11.3 Å². The number of rotatable bonds is 3. The molecule has 1 aromatic carbocycles. The van der Waals surface area contributed by atoms with Crippen LogP contribution >= 0.6 is 27.7 Å². The van der Waals surface area contributed by atoms with Crippen LogP contribution in [0.4, 0.5) is 0 Å². The number of aromatic nitrogens is 2.